The Morgan fingerprint density at radius 2 is 1.53 bits per heavy atom. The summed E-state index contributed by atoms with van der Waals surface area (Å²) in [4.78, 5) is 0. The van der Waals surface area contributed by atoms with Crippen LogP contribution in [-0.4, -0.2) is 12.6 Å². The van der Waals surface area contributed by atoms with Gasteiger partial charge in [-0.1, -0.05) is 20.8 Å². The van der Waals surface area contributed by atoms with Crippen molar-refractivity contribution in [2.45, 2.75) is 78.7 Å². The van der Waals surface area contributed by atoms with Crippen LogP contribution in [0.5, 0.6) is 0 Å². The van der Waals surface area contributed by atoms with Crippen LogP contribution in [-0.2, 0) is 0 Å². The molecule has 0 amide bonds. The van der Waals surface area contributed by atoms with Gasteiger partial charge in [-0.25, -0.2) is 0 Å². The highest BCUT2D eigenvalue weighted by atomic mass is 14.9. The van der Waals surface area contributed by atoms with Gasteiger partial charge in [0.25, 0.3) is 0 Å². The van der Waals surface area contributed by atoms with Crippen molar-refractivity contribution in [2.75, 3.05) is 6.54 Å². The Morgan fingerprint density at radius 3 is 1.95 bits per heavy atom. The average molecular weight is 263 g/mol. The van der Waals surface area contributed by atoms with Gasteiger partial charge in [-0.2, -0.15) is 0 Å². The predicted molar refractivity (Wildman–Crippen MR) is 82.1 cm³/mol. The summed E-state index contributed by atoms with van der Waals surface area (Å²) in [5, 5.41) is 3.93. The fraction of sp³-hybridized carbons (Fsp3) is 1.00. The van der Waals surface area contributed by atoms with Crippen molar-refractivity contribution in [1.82, 2.24) is 5.32 Å². The first kappa shape index (κ1) is 13.9. The molecule has 0 aromatic rings. The molecule has 0 spiro atoms. The molecular formula is C18H33N. The Morgan fingerprint density at radius 1 is 1.05 bits per heavy atom. The highest BCUT2D eigenvalue weighted by Gasteiger charge is 2.52. The molecule has 0 saturated heterocycles. The van der Waals surface area contributed by atoms with Gasteiger partial charge in [-0.15, -0.1) is 0 Å². The Bertz CT molecular complexity index is 295. The van der Waals surface area contributed by atoms with Crippen LogP contribution >= 0.6 is 0 Å². The van der Waals surface area contributed by atoms with Gasteiger partial charge in [0.1, 0.15) is 0 Å². The van der Waals surface area contributed by atoms with Crippen LogP contribution in [0.15, 0.2) is 0 Å². The molecule has 0 aromatic carbocycles. The first-order valence-electron chi connectivity index (χ1n) is 8.66. The molecule has 1 unspecified atom stereocenters. The monoisotopic (exact) mass is 263 g/mol. The lowest BCUT2D eigenvalue weighted by Gasteiger charge is -2.59. The van der Waals surface area contributed by atoms with E-state index >= 15 is 0 Å². The lowest BCUT2D eigenvalue weighted by atomic mass is 9.48. The lowest BCUT2D eigenvalue weighted by Crippen LogP contribution is -2.55. The maximum absolute atomic E-state index is 3.93. The van der Waals surface area contributed by atoms with Gasteiger partial charge in [0, 0.05) is 12.6 Å². The highest BCUT2D eigenvalue weighted by molar-refractivity contribution is 5.05. The van der Waals surface area contributed by atoms with Crippen LogP contribution < -0.4 is 5.32 Å². The first-order valence-corrected chi connectivity index (χ1v) is 8.66. The molecule has 19 heavy (non-hydrogen) atoms. The van der Waals surface area contributed by atoms with Crippen molar-refractivity contribution in [2.24, 2.45) is 28.6 Å². The second-order valence-electron chi connectivity index (χ2n) is 8.90. The minimum absolute atomic E-state index is 0.455. The number of nitrogens with one attached hydrogen (secondary N) is 1. The fourth-order valence-electron chi connectivity index (χ4n) is 5.48. The SMILES string of the molecule is CCC(C)(C)CNC(C)C12CC3CC(CC(C3)C1)C2. The van der Waals surface area contributed by atoms with Crippen LogP contribution in [0.4, 0.5) is 0 Å². The van der Waals surface area contributed by atoms with Crippen molar-refractivity contribution < 1.29 is 0 Å². The van der Waals surface area contributed by atoms with E-state index in [1.165, 1.54) is 32.2 Å². The van der Waals surface area contributed by atoms with E-state index in [4.69, 9.17) is 0 Å². The quantitative estimate of drug-likeness (QED) is 0.763. The Labute approximate surface area is 119 Å². The summed E-state index contributed by atoms with van der Waals surface area (Å²) in [5.74, 6) is 3.24. The molecule has 1 N–H and O–H groups in total. The highest BCUT2D eigenvalue weighted by Crippen LogP contribution is 2.61. The summed E-state index contributed by atoms with van der Waals surface area (Å²) in [6.45, 7) is 10.8. The van der Waals surface area contributed by atoms with Crippen LogP contribution in [0, 0.1) is 28.6 Å². The van der Waals surface area contributed by atoms with Crippen molar-refractivity contribution in [1.29, 1.82) is 0 Å². The number of hydrogen-bond acceptors (Lipinski definition) is 1. The van der Waals surface area contributed by atoms with E-state index in [2.05, 4.69) is 33.0 Å². The topological polar surface area (TPSA) is 12.0 Å². The zero-order valence-corrected chi connectivity index (χ0v) is 13.5. The summed E-state index contributed by atoms with van der Waals surface area (Å²) in [6, 6.07) is 0.728. The molecule has 0 aromatic heterocycles. The van der Waals surface area contributed by atoms with Crippen LogP contribution in [0.1, 0.15) is 72.6 Å². The summed E-state index contributed by atoms with van der Waals surface area (Å²) in [7, 11) is 0. The van der Waals surface area contributed by atoms with Gasteiger partial charge in [0.05, 0.1) is 0 Å². The van der Waals surface area contributed by atoms with Crippen molar-refractivity contribution in [3.63, 3.8) is 0 Å². The van der Waals surface area contributed by atoms with Gasteiger partial charge < -0.3 is 5.32 Å². The molecule has 4 fully saturated rings. The molecule has 1 nitrogen and oxygen atoms in total. The lowest BCUT2D eigenvalue weighted by molar-refractivity contribution is -0.0714. The summed E-state index contributed by atoms with van der Waals surface area (Å²) in [5.41, 5.74) is 1.12. The molecule has 0 radical (unpaired) electrons. The van der Waals surface area contributed by atoms with Crippen LogP contribution in [0.3, 0.4) is 0 Å². The predicted octanol–water partition coefficient (Wildman–Crippen LogP) is 4.62. The molecule has 4 bridgehead atoms. The molecule has 4 rings (SSSR count). The molecule has 4 aliphatic rings. The van der Waals surface area contributed by atoms with Crippen LogP contribution in [0.2, 0.25) is 0 Å². The minimum atomic E-state index is 0.455. The third kappa shape index (κ3) is 2.60. The van der Waals surface area contributed by atoms with Crippen molar-refractivity contribution >= 4 is 0 Å². The maximum Gasteiger partial charge on any atom is 0.00957 e. The largest absolute Gasteiger partial charge is 0.313 e. The Balaban J connectivity index is 1.64. The third-order valence-electron chi connectivity index (χ3n) is 6.85. The van der Waals surface area contributed by atoms with Gasteiger partial charge in [0.15, 0.2) is 0 Å². The van der Waals surface area contributed by atoms with Crippen molar-refractivity contribution in [3.8, 4) is 0 Å². The molecule has 4 saturated carbocycles. The van der Waals surface area contributed by atoms with Gasteiger partial charge in [-0.3, -0.25) is 0 Å². The van der Waals surface area contributed by atoms with E-state index in [1.807, 2.05) is 0 Å². The van der Waals surface area contributed by atoms with E-state index in [1.54, 1.807) is 19.3 Å². The van der Waals surface area contributed by atoms with E-state index in [9.17, 15) is 0 Å². The molecular weight excluding hydrogens is 230 g/mol. The summed E-state index contributed by atoms with van der Waals surface area (Å²) in [6.07, 6.45) is 10.5. The maximum atomic E-state index is 3.93. The van der Waals surface area contributed by atoms with Gasteiger partial charge in [0.2, 0.25) is 0 Å². The van der Waals surface area contributed by atoms with E-state index in [0.717, 1.165) is 23.8 Å². The Kier molecular flexibility index (Phi) is 3.48. The molecule has 0 aliphatic heterocycles. The standard InChI is InChI=1S/C18H33N/c1-5-17(3,4)12-19-13(2)18-9-14-6-15(10-18)8-16(7-14)11-18/h13-16,19H,5-12H2,1-4H3. The first-order chi connectivity index (χ1) is 8.92. The second-order valence-corrected chi connectivity index (χ2v) is 8.90. The smallest absolute Gasteiger partial charge is 0.00957 e. The zero-order valence-electron chi connectivity index (χ0n) is 13.5. The van der Waals surface area contributed by atoms with Crippen molar-refractivity contribution in [3.05, 3.63) is 0 Å². The minimum Gasteiger partial charge on any atom is -0.313 e. The van der Waals surface area contributed by atoms with E-state index < -0.39 is 0 Å². The summed E-state index contributed by atoms with van der Waals surface area (Å²) >= 11 is 0. The van der Waals surface area contributed by atoms with Crippen LogP contribution in [0.25, 0.3) is 0 Å². The molecule has 0 heterocycles. The third-order valence-corrected chi connectivity index (χ3v) is 6.85. The second kappa shape index (κ2) is 4.76. The van der Waals surface area contributed by atoms with E-state index in [0.29, 0.717) is 10.8 Å². The Hall–Kier alpha value is -0.0400. The van der Waals surface area contributed by atoms with Gasteiger partial charge >= 0.3 is 0 Å². The normalized spacial score (nSPS) is 42.6. The molecule has 1 atom stereocenters. The van der Waals surface area contributed by atoms with E-state index in [-0.39, 0.29) is 0 Å². The van der Waals surface area contributed by atoms with Gasteiger partial charge in [-0.05, 0) is 80.5 Å². The molecule has 110 valence electrons. The molecule has 4 aliphatic carbocycles. The zero-order chi connectivity index (χ0) is 13.7. The molecule has 1 heteroatoms. The number of rotatable bonds is 5. The average Bonchev–Trinajstić information content (AvgIpc) is 2.34. The number of hydrogen-bond donors (Lipinski definition) is 1. The summed E-state index contributed by atoms with van der Waals surface area (Å²) < 4.78 is 0. The fourth-order valence-corrected chi connectivity index (χ4v) is 5.48.